The van der Waals surface area contributed by atoms with Gasteiger partial charge in [0.15, 0.2) is 0 Å². The van der Waals surface area contributed by atoms with Gasteiger partial charge >= 0.3 is 0 Å². The Morgan fingerprint density at radius 1 is 1.47 bits per heavy atom. The summed E-state index contributed by atoms with van der Waals surface area (Å²) in [5.74, 6) is 0.930. The van der Waals surface area contributed by atoms with Crippen LogP contribution in [0, 0.1) is 0 Å². The largest absolute Gasteiger partial charge is 0.496 e. The summed E-state index contributed by atoms with van der Waals surface area (Å²) < 4.78 is 5.32. The smallest absolute Gasteiger partial charge is 0.122 e. The van der Waals surface area contributed by atoms with Gasteiger partial charge in [-0.25, -0.2) is 0 Å². The molecular weight excluding hydrogens is 214 g/mol. The number of hydrogen-bond acceptors (Lipinski definition) is 3. The van der Waals surface area contributed by atoms with E-state index in [4.69, 9.17) is 4.74 Å². The van der Waals surface area contributed by atoms with Crippen molar-refractivity contribution in [2.45, 2.75) is 38.3 Å². The van der Waals surface area contributed by atoms with Crippen LogP contribution in [-0.4, -0.2) is 24.9 Å². The minimum atomic E-state index is 0.0544. The van der Waals surface area contributed by atoms with Crippen LogP contribution in [0.3, 0.4) is 0 Å². The van der Waals surface area contributed by atoms with Crippen molar-refractivity contribution in [3.8, 4) is 5.75 Å². The fraction of sp³-hybridized carbons (Fsp3) is 0.571. The predicted molar refractivity (Wildman–Crippen MR) is 68.4 cm³/mol. The summed E-state index contributed by atoms with van der Waals surface area (Å²) >= 11 is 0. The summed E-state index contributed by atoms with van der Waals surface area (Å²) in [6.45, 7) is 2.26. The van der Waals surface area contributed by atoms with Crippen LogP contribution in [0.25, 0.3) is 0 Å². The van der Waals surface area contributed by atoms with Crippen LogP contribution < -0.4 is 10.1 Å². The molecule has 94 valence electrons. The van der Waals surface area contributed by atoms with Gasteiger partial charge in [-0.2, -0.15) is 0 Å². The van der Waals surface area contributed by atoms with Gasteiger partial charge in [-0.1, -0.05) is 19.1 Å². The highest BCUT2D eigenvalue weighted by atomic mass is 16.5. The van der Waals surface area contributed by atoms with Crippen LogP contribution in [-0.2, 0) is 6.42 Å². The predicted octanol–water partition coefficient (Wildman–Crippen LogP) is 2.04. The van der Waals surface area contributed by atoms with Gasteiger partial charge in [0.2, 0.25) is 0 Å². The molecule has 3 heteroatoms. The molecule has 3 nitrogen and oxygen atoms in total. The Bertz CT molecular complexity index is 374. The first kappa shape index (κ1) is 12.4. The van der Waals surface area contributed by atoms with Crippen molar-refractivity contribution in [1.29, 1.82) is 0 Å². The third-order valence-corrected chi connectivity index (χ3v) is 3.28. The lowest BCUT2D eigenvalue weighted by Gasteiger charge is -2.18. The van der Waals surface area contributed by atoms with E-state index in [1.54, 1.807) is 7.11 Å². The quantitative estimate of drug-likeness (QED) is 0.793. The molecule has 0 amide bonds. The second-order valence-electron chi connectivity index (χ2n) is 4.60. The Kier molecular flexibility index (Phi) is 4.02. The van der Waals surface area contributed by atoms with E-state index >= 15 is 0 Å². The molecule has 0 radical (unpaired) electrons. The molecule has 0 spiro atoms. The topological polar surface area (TPSA) is 41.5 Å². The highest BCUT2D eigenvalue weighted by Gasteiger charge is 2.25. The average Bonchev–Trinajstić information content (AvgIpc) is 3.19. The van der Waals surface area contributed by atoms with Crippen molar-refractivity contribution in [3.63, 3.8) is 0 Å². The van der Waals surface area contributed by atoms with Crippen molar-refractivity contribution in [2.24, 2.45) is 0 Å². The van der Waals surface area contributed by atoms with E-state index in [9.17, 15) is 5.11 Å². The Balaban J connectivity index is 2.17. The summed E-state index contributed by atoms with van der Waals surface area (Å²) in [7, 11) is 1.69. The van der Waals surface area contributed by atoms with Gasteiger partial charge in [0, 0.05) is 6.04 Å². The molecule has 0 aromatic heterocycles. The van der Waals surface area contributed by atoms with Crippen molar-refractivity contribution in [3.05, 3.63) is 29.3 Å². The number of aryl methyl sites for hydroxylation is 1. The lowest BCUT2D eigenvalue weighted by molar-refractivity contribution is 0.243. The molecule has 1 aromatic carbocycles. The molecule has 2 N–H and O–H groups in total. The SMILES string of the molecule is CCc1cc(C(CO)NC2CC2)ccc1OC. The molecule has 2 rings (SSSR count). The lowest BCUT2D eigenvalue weighted by Crippen LogP contribution is -2.26. The number of aliphatic hydroxyl groups excluding tert-OH is 1. The van der Waals surface area contributed by atoms with E-state index in [2.05, 4.69) is 18.3 Å². The van der Waals surface area contributed by atoms with Crippen LogP contribution >= 0.6 is 0 Å². The average molecular weight is 235 g/mol. The van der Waals surface area contributed by atoms with Crippen LogP contribution in [0.4, 0.5) is 0 Å². The molecular formula is C14H21NO2. The van der Waals surface area contributed by atoms with Gasteiger partial charge < -0.3 is 15.2 Å². The van der Waals surface area contributed by atoms with E-state index in [-0.39, 0.29) is 12.6 Å². The molecule has 0 saturated heterocycles. The first-order chi connectivity index (χ1) is 8.28. The van der Waals surface area contributed by atoms with Crippen molar-refractivity contribution in [2.75, 3.05) is 13.7 Å². The minimum Gasteiger partial charge on any atom is -0.496 e. The maximum absolute atomic E-state index is 9.45. The highest BCUT2D eigenvalue weighted by Crippen LogP contribution is 2.27. The van der Waals surface area contributed by atoms with Crippen molar-refractivity contribution in [1.82, 2.24) is 5.32 Å². The van der Waals surface area contributed by atoms with E-state index in [1.807, 2.05) is 12.1 Å². The number of rotatable bonds is 6. The van der Waals surface area contributed by atoms with E-state index in [0.29, 0.717) is 6.04 Å². The summed E-state index contributed by atoms with van der Waals surface area (Å²) in [5, 5.41) is 12.9. The lowest BCUT2D eigenvalue weighted by atomic mass is 10.0. The van der Waals surface area contributed by atoms with Crippen LogP contribution in [0.5, 0.6) is 5.75 Å². The number of aliphatic hydroxyl groups is 1. The zero-order chi connectivity index (χ0) is 12.3. The molecule has 1 saturated carbocycles. The Morgan fingerprint density at radius 2 is 2.24 bits per heavy atom. The second kappa shape index (κ2) is 5.52. The number of hydrogen-bond donors (Lipinski definition) is 2. The zero-order valence-corrected chi connectivity index (χ0v) is 10.6. The van der Waals surface area contributed by atoms with Crippen molar-refractivity contribution < 1.29 is 9.84 Å². The summed E-state index contributed by atoms with van der Waals surface area (Å²) in [4.78, 5) is 0. The Morgan fingerprint density at radius 3 is 2.76 bits per heavy atom. The molecule has 1 atom stereocenters. The fourth-order valence-electron chi connectivity index (χ4n) is 2.08. The van der Waals surface area contributed by atoms with E-state index in [1.165, 1.54) is 18.4 Å². The van der Waals surface area contributed by atoms with Gasteiger partial charge in [-0.3, -0.25) is 0 Å². The molecule has 0 bridgehead atoms. The first-order valence-electron chi connectivity index (χ1n) is 6.32. The van der Waals surface area contributed by atoms with Gasteiger partial charge in [0.25, 0.3) is 0 Å². The van der Waals surface area contributed by atoms with Crippen LogP contribution in [0.2, 0.25) is 0 Å². The van der Waals surface area contributed by atoms with Gasteiger partial charge in [-0.15, -0.1) is 0 Å². The van der Waals surface area contributed by atoms with Crippen LogP contribution in [0.1, 0.15) is 36.9 Å². The standard InChI is InChI=1S/C14H21NO2/c1-3-10-8-11(4-7-14(10)17-2)13(9-16)15-12-5-6-12/h4,7-8,12-13,15-16H,3,5-6,9H2,1-2H3. The molecule has 0 heterocycles. The number of ether oxygens (including phenoxy) is 1. The Hall–Kier alpha value is -1.06. The number of benzene rings is 1. The molecule has 1 fully saturated rings. The van der Waals surface area contributed by atoms with Gasteiger partial charge in [-0.05, 0) is 36.5 Å². The monoisotopic (exact) mass is 235 g/mol. The van der Waals surface area contributed by atoms with Gasteiger partial charge in [0.1, 0.15) is 5.75 Å². The second-order valence-corrected chi connectivity index (χ2v) is 4.60. The molecule has 1 aliphatic rings. The maximum Gasteiger partial charge on any atom is 0.122 e. The highest BCUT2D eigenvalue weighted by molar-refractivity contribution is 5.38. The molecule has 1 aromatic rings. The Labute approximate surface area is 103 Å². The molecule has 17 heavy (non-hydrogen) atoms. The normalized spacial score (nSPS) is 16.9. The number of methoxy groups -OCH3 is 1. The summed E-state index contributed by atoms with van der Waals surface area (Å²) in [6.07, 6.45) is 3.40. The zero-order valence-electron chi connectivity index (χ0n) is 10.6. The van der Waals surface area contributed by atoms with E-state index in [0.717, 1.165) is 17.7 Å². The maximum atomic E-state index is 9.45. The van der Waals surface area contributed by atoms with E-state index < -0.39 is 0 Å². The first-order valence-corrected chi connectivity index (χ1v) is 6.32. The fourth-order valence-corrected chi connectivity index (χ4v) is 2.08. The molecule has 0 aliphatic heterocycles. The van der Waals surface area contributed by atoms with Gasteiger partial charge in [0.05, 0.1) is 19.8 Å². The molecule has 1 unspecified atom stereocenters. The molecule has 1 aliphatic carbocycles. The third kappa shape index (κ3) is 2.99. The third-order valence-electron chi connectivity index (χ3n) is 3.28. The number of nitrogens with one attached hydrogen (secondary N) is 1. The van der Waals surface area contributed by atoms with Crippen LogP contribution in [0.15, 0.2) is 18.2 Å². The summed E-state index contributed by atoms with van der Waals surface area (Å²) in [6, 6.07) is 6.81. The summed E-state index contributed by atoms with van der Waals surface area (Å²) in [5.41, 5.74) is 2.35. The minimum absolute atomic E-state index is 0.0544. The van der Waals surface area contributed by atoms with Crippen molar-refractivity contribution >= 4 is 0 Å².